The molecule has 0 atom stereocenters. The predicted molar refractivity (Wildman–Crippen MR) is 81.8 cm³/mol. The smallest absolute Gasteiger partial charge is 0.211 e. The molecule has 0 aromatic heterocycles. The third-order valence-corrected chi connectivity index (χ3v) is 5.19. The third kappa shape index (κ3) is 3.73. The molecular formula is C14H13Cl2NO2S. The van der Waals surface area contributed by atoms with Crippen LogP contribution in [0.5, 0.6) is 0 Å². The number of sulfonamides is 1. The lowest BCUT2D eigenvalue weighted by Gasteiger charge is -2.09. The SMILES string of the molecule is O=S(=O)(NCCc1ccccc1)c1cccc(Cl)c1Cl. The lowest BCUT2D eigenvalue weighted by atomic mass is 10.2. The van der Waals surface area contributed by atoms with Gasteiger partial charge in [0, 0.05) is 6.54 Å². The van der Waals surface area contributed by atoms with Gasteiger partial charge in [0.1, 0.15) is 4.90 Å². The summed E-state index contributed by atoms with van der Waals surface area (Å²) >= 11 is 11.7. The molecule has 0 unspecified atom stereocenters. The van der Waals surface area contributed by atoms with Crippen molar-refractivity contribution < 1.29 is 8.42 Å². The second-order valence-corrected chi connectivity index (χ2v) is 6.71. The minimum atomic E-state index is -3.65. The van der Waals surface area contributed by atoms with Crippen molar-refractivity contribution in [3.63, 3.8) is 0 Å². The number of benzene rings is 2. The van der Waals surface area contributed by atoms with E-state index in [1.165, 1.54) is 6.07 Å². The van der Waals surface area contributed by atoms with Crippen molar-refractivity contribution in [3.05, 3.63) is 64.1 Å². The molecule has 0 radical (unpaired) electrons. The molecule has 0 aliphatic heterocycles. The van der Waals surface area contributed by atoms with Gasteiger partial charge in [-0.05, 0) is 24.1 Å². The number of nitrogens with one attached hydrogen (secondary N) is 1. The highest BCUT2D eigenvalue weighted by Crippen LogP contribution is 2.28. The summed E-state index contributed by atoms with van der Waals surface area (Å²) in [5.74, 6) is 0. The molecular weight excluding hydrogens is 317 g/mol. The van der Waals surface area contributed by atoms with Gasteiger partial charge in [-0.15, -0.1) is 0 Å². The summed E-state index contributed by atoms with van der Waals surface area (Å²) < 4.78 is 26.8. The number of halogens is 2. The van der Waals surface area contributed by atoms with Gasteiger partial charge in [-0.25, -0.2) is 13.1 Å². The van der Waals surface area contributed by atoms with Crippen molar-refractivity contribution in [2.45, 2.75) is 11.3 Å². The van der Waals surface area contributed by atoms with Gasteiger partial charge < -0.3 is 0 Å². The first-order chi connectivity index (χ1) is 9.50. The first-order valence-electron chi connectivity index (χ1n) is 5.98. The van der Waals surface area contributed by atoms with Crippen molar-refractivity contribution in [1.82, 2.24) is 4.72 Å². The fraction of sp³-hybridized carbons (Fsp3) is 0.143. The zero-order chi connectivity index (χ0) is 14.6. The van der Waals surface area contributed by atoms with Crippen molar-refractivity contribution in [2.24, 2.45) is 0 Å². The third-order valence-electron chi connectivity index (χ3n) is 2.75. The highest BCUT2D eigenvalue weighted by Gasteiger charge is 2.18. The molecule has 0 aliphatic rings. The lowest BCUT2D eigenvalue weighted by molar-refractivity contribution is 0.581. The quantitative estimate of drug-likeness (QED) is 0.912. The average molecular weight is 330 g/mol. The van der Waals surface area contributed by atoms with Gasteiger partial charge in [-0.3, -0.25) is 0 Å². The van der Waals surface area contributed by atoms with Crippen molar-refractivity contribution in [3.8, 4) is 0 Å². The van der Waals surface area contributed by atoms with Crippen molar-refractivity contribution in [1.29, 1.82) is 0 Å². The van der Waals surface area contributed by atoms with Crippen LogP contribution < -0.4 is 4.72 Å². The zero-order valence-electron chi connectivity index (χ0n) is 10.5. The number of rotatable bonds is 5. The highest BCUT2D eigenvalue weighted by atomic mass is 35.5. The molecule has 0 bridgehead atoms. The monoisotopic (exact) mass is 329 g/mol. The van der Waals surface area contributed by atoms with Gasteiger partial charge in [0.2, 0.25) is 10.0 Å². The summed E-state index contributed by atoms with van der Waals surface area (Å²) in [5, 5.41) is 0.263. The maximum Gasteiger partial charge on any atom is 0.242 e. The van der Waals surface area contributed by atoms with Crippen LogP contribution >= 0.6 is 23.2 Å². The normalized spacial score (nSPS) is 11.5. The Morgan fingerprint density at radius 3 is 2.35 bits per heavy atom. The highest BCUT2D eigenvalue weighted by molar-refractivity contribution is 7.89. The molecule has 0 saturated heterocycles. The predicted octanol–water partition coefficient (Wildman–Crippen LogP) is 3.51. The molecule has 2 aromatic rings. The summed E-state index contributed by atoms with van der Waals surface area (Å²) in [5.41, 5.74) is 1.06. The summed E-state index contributed by atoms with van der Waals surface area (Å²) in [7, 11) is -3.65. The van der Waals surface area contributed by atoms with Crippen LogP contribution in [-0.4, -0.2) is 15.0 Å². The lowest BCUT2D eigenvalue weighted by Crippen LogP contribution is -2.26. The maximum atomic E-state index is 12.1. The number of hydrogen-bond donors (Lipinski definition) is 1. The Kier molecular flexibility index (Phi) is 5.05. The molecule has 106 valence electrons. The fourth-order valence-electron chi connectivity index (χ4n) is 1.74. The topological polar surface area (TPSA) is 46.2 Å². The maximum absolute atomic E-state index is 12.1. The Morgan fingerprint density at radius 1 is 0.950 bits per heavy atom. The Morgan fingerprint density at radius 2 is 1.65 bits per heavy atom. The molecule has 0 spiro atoms. The van der Waals surface area contributed by atoms with E-state index in [-0.39, 0.29) is 14.9 Å². The molecule has 6 heteroatoms. The Hall–Kier alpha value is -1.07. The molecule has 0 aliphatic carbocycles. The van der Waals surface area contributed by atoms with Crippen molar-refractivity contribution >= 4 is 33.2 Å². The van der Waals surface area contributed by atoms with Gasteiger partial charge in [0.15, 0.2) is 0 Å². The van der Waals surface area contributed by atoms with Crippen LogP contribution in [0.25, 0.3) is 0 Å². The van der Waals surface area contributed by atoms with Gasteiger partial charge in [-0.1, -0.05) is 59.6 Å². The van der Waals surface area contributed by atoms with Crippen LogP contribution in [0.15, 0.2) is 53.4 Å². The van der Waals surface area contributed by atoms with E-state index in [1.807, 2.05) is 30.3 Å². The summed E-state index contributed by atoms with van der Waals surface area (Å²) in [4.78, 5) is -0.000252. The average Bonchev–Trinajstić information content (AvgIpc) is 2.42. The van der Waals surface area contributed by atoms with E-state index in [0.29, 0.717) is 13.0 Å². The van der Waals surface area contributed by atoms with Crippen LogP contribution in [0, 0.1) is 0 Å². The molecule has 0 heterocycles. The van der Waals surface area contributed by atoms with Gasteiger partial charge in [0.05, 0.1) is 10.0 Å². The van der Waals surface area contributed by atoms with E-state index < -0.39 is 10.0 Å². The molecule has 2 rings (SSSR count). The molecule has 0 fully saturated rings. The van der Waals surface area contributed by atoms with Crippen LogP contribution in [0.4, 0.5) is 0 Å². The Labute approximate surface area is 128 Å². The van der Waals surface area contributed by atoms with Gasteiger partial charge in [0.25, 0.3) is 0 Å². The minimum Gasteiger partial charge on any atom is -0.211 e. The second-order valence-electron chi connectivity index (χ2n) is 4.19. The zero-order valence-corrected chi connectivity index (χ0v) is 12.8. The Bertz CT molecular complexity index is 688. The molecule has 0 amide bonds. The van der Waals surface area contributed by atoms with E-state index in [2.05, 4.69) is 4.72 Å². The standard InChI is InChI=1S/C14H13Cl2NO2S/c15-12-7-4-8-13(14(12)16)20(18,19)17-10-9-11-5-2-1-3-6-11/h1-8,17H,9-10H2. The van der Waals surface area contributed by atoms with Crippen LogP contribution in [-0.2, 0) is 16.4 Å². The number of hydrogen-bond acceptors (Lipinski definition) is 2. The molecule has 20 heavy (non-hydrogen) atoms. The molecule has 3 nitrogen and oxygen atoms in total. The van der Waals surface area contributed by atoms with Gasteiger partial charge in [-0.2, -0.15) is 0 Å². The summed E-state index contributed by atoms with van der Waals surface area (Å²) in [6.07, 6.45) is 0.609. The van der Waals surface area contributed by atoms with E-state index in [9.17, 15) is 8.42 Å². The largest absolute Gasteiger partial charge is 0.242 e. The van der Waals surface area contributed by atoms with Crippen LogP contribution in [0.3, 0.4) is 0 Å². The summed E-state index contributed by atoms with van der Waals surface area (Å²) in [6, 6.07) is 14.2. The second kappa shape index (κ2) is 6.59. The minimum absolute atomic E-state index is 0.000252. The van der Waals surface area contributed by atoms with Gasteiger partial charge >= 0.3 is 0 Å². The van der Waals surface area contributed by atoms with E-state index in [1.54, 1.807) is 12.1 Å². The first kappa shape index (κ1) is 15.3. The van der Waals surface area contributed by atoms with E-state index in [0.717, 1.165) is 5.56 Å². The van der Waals surface area contributed by atoms with Crippen LogP contribution in [0.2, 0.25) is 10.0 Å². The Balaban J connectivity index is 2.06. The van der Waals surface area contributed by atoms with E-state index in [4.69, 9.17) is 23.2 Å². The summed E-state index contributed by atoms with van der Waals surface area (Å²) in [6.45, 7) is 0.301. The molecule has 0 saturated carbocycles. The molecule has 2 aromatic carbocycles. The van der Waals surface area contributed by atoms with Crippen molar-refractivity contribution in [2.75, 3.05) is 6.54 Å². The van der Waals surface area contributed by atoms with E-state index >= 15 is 0 Å². The van der Waals surface area contributed by atoms with Crippen LogP contribution in [0.1, 0.15) is 5.56 Å². The fourth-order valence-corrected chi connectivity index (χ4v) is 3.53. The first-order valence-corrected chi connectivity index (χ1v) is 8.22. The molecule has 1 N–H and O–H groups in total.